The fraction of sp³-hybridized carbons (Fsp3) is 0.600. The Kier molecular flexibility index (Phi) is 12.2. The predicted octanol–water partition coefficient (Wildman–Crippen LogP) is 1.68. The number of hydroxylamine groups is 2. The summed E-state index contributed by atoms with van der Waals surface area (Å²) in [5, 5.41) is 1.26. The van der Waals surface area contributed by atoms with Crippen LogP contribution in [0, 0.1) is 12.3 Å². The molecule has 0 aliphatic carbocycles. The van der Waals surface area contributed by atoms with Gasteiger partial charge in [0.25, 0.3) is 0 Å². The lowest BCUT2D eigenvalue weighted by atomic mass is 10.2. The van der Waals surface area contributed by atoms with E-state index >= 15 is 0 Å². The molecule has 0 bridgehead atoms. The van der Waals surface area contributed by atoms with Crippen LogP contribution in [-0.2, 0) is 14.4 Å². The Hall–Kier alpha value is -3.00. The molecule has 0 N–H and O–H groups in total. The van der Waals surface area contributed by atoms with Crippen molar-refractivity contribution in [3.63, 3.8) is 0 Å². The summed E-state index contributed by atoms with van der Waals surface area (Å²) in [6.45, 7) is 5.62. The van der Waals surface area contributed by atoms with E-state index in [4.69, 9.17) is 30.2 Å². The van der Waals surface area contributed by atoms with E-state index < -0.39 is 5.97 Å². The van der Waals surface area contributed by atoms with Crippen molar-refractivity contribution in [3.8, 4) is 29.6 Å². The molecule has 2 rings (SSSR count). The Bertz CT molecular complexity index is 871. The second-order valence-corrected chi connectivity index (χ2v) is 8.05. The third kappa shape index (κ3) is 8.94. The van der Waals surface area contributed by atoms with E-state index in [0.717, 1.165) is 52.1 Å². The van der Waals surface area contributed by atoms with Crippen molar-refractivity contribution in [1.29, 1.82) is 0 Å². The molecule has 0 saturated carbocycles. The molecule has 10 heteroatoms. The molecule has 0 radical (unpaired) electrons. The maximum absolute atomic E-state index is 12.6. The van der Waals surface area contributed by atoms with Gasteiger partial charge in [-0.25, -0.2) is 9.86 Å². The number of terminal acetylenes is 1. The standard InChI is InChI=1S/C25H37N3O7/c1-6-16-34-22-19-20(18-21(31-3)24(22)32-4)25(30)35-17-8-12-27-10-7-11-28(15-14-27)13-9-23(29)26(2)33-5/h1,18-19H,7-17H2,2-5H3. The van der Waals surface area contributed by atoms with Crippen molar-refractivity contribution in [3.05, 3.63) is 17.7 Å². The zero-order valence-corrected chi connectivity index (χ0v) is 21.2. The highest BCUT2D eigenvalue weighted by Crippen LogP contribution is 2.38. The number of rotatable bonds is 13. The average Bonchev–Trinajstić information content (AvgIpc) is 3.12. The van der Waals surface area contributed by atoms with Crippen molar-refractivity contribution in [1.82, 2.24) is 14.9 Å². The number of methoxy groups -OCH3 is 2. The van der Waals surface area contributed by atoms with E-state index in [-0.39, 0.29) is 12.5 Å². The summed E-state index contributed by atoms with van der Waals surface area (Å²) in [5.74, 6) is 2.94. The molecule has 1 aromatic carbocycles. The quantitative estimate of drug-likeness (QED) is 0.177. The second-order valence-electron chi connectivity index (χ2n) is 8.05. The van der Waals surface area contributed by atoms with Gasteiger partial charge in [-0.15, -0.1) is 6.42 Å². The van der Waals surface area contributed by atoms with Gasteiger partial charge in [0.15, 0.2) is 11.5 Å². The maximum Gasteiger partial charge on any atom is 0.338 e. The molecule has 1 aliphatic heterocycles. The van der Waals surface area contributed by atoms with Crippen LogP contribution in [0.1, 0.15) is 29.6 Å². The molecule has 0 spiro atoms. The van der Waals surface area contributed by atoms with Crippen LogP contribution in [0.3, 0.4) is 0 Å². The molecule has 1 saturated heterocycles. The Morgan fingerprint density at radius 2 is 1.71 bits per heavy atom. The molecule has 0 atom stereocenters. The molecule has 1 fully saturated rings. The van der Waals surface area contributed by atoms with Crippen LogP contribution in [0.4, 0.5) is 0 Å². The van der Waals surface area contributed by atoms with Crippen molar-refractivity contribution in [2.24, 2.45) is 0 Å². The Morgan fingerprint density at radius 1 is 1.03 bits per heavy atom. The minimum absolute atomic E-state index is 0.0281. The lowest BCUT2D eigenvalue weighted by Gasteiger charge is -2.22. The smallest absolute Gasteiger partial charge is 0.338 e. The largest absolute Gasteiger partial charge is 0.493 e. The van der Waals surface area contributed by atoms with E-state index in [0.29, 0.717) is 35.8 Å². The molecule has 35 heavy (non-hydrogen) atoms. The number of hydrogen-bond acceptors (Lipinski definition) is 9. The molecular formula is C25H37N3O7. The first kappa shape index (κ1) is 28.2. The molecule has 10 nitrogen and oxygen atoms in total. The van der Waals surface area contributed by atoms with Crippen molar-refractivity contribution in [2.75, 3.05) is 80.9 Å². The number of nitrogens with zero attached hydrogens (tertiary/aromatic N) is 3. The molecule has 0 aromatic heterocycles. The van der Waals surface area contributed by atoms with Crippen LogP contribution >= 0.6 is 0 Å². The zero-order chi connectivity index (χ0) is 25.6. The van der Waals surface area contributed by atoms with Crippen molar-refractivity contribution in [2.45, 2.75) is 19.3 Å². The number of ether oxygens (including phenoxy) is 4. The molecule has 0 unspecified atom stereocenters. The average molecular weight is 492 g/mol. The van der Waals surface area contributed by atoms with Gasteiger partial charge in [-0.05, 0) is 38.1 Å². The van der Waals surface area contributed by atoms with Gasteiger partial charge in [0.1, 0.15) is 6.61 Å². The number of esters is 1. The van der Waals surface area contributed by atoms with Crippen LogP contribution in [0.15, 0.2) is 12.1 Å². The Morgan fingerprint density at radius 3 is 2.34 bits per heavy atom. The SMILES string of the molecule is C#CCOc1cc(C(=O)OCCCN2CCCN(CCC(=O)N(C)OC)CC2)cc(OC)c1OC. The first-order valence-electron chi connectivity index (χ1n) is 11.7. The third-order valence-corrected chi connectivity index (χ3v) is 5.79. The second kappa shape index (κ2) is 15.1. The van der Waals surface area contributed by atoms with E-state index in [1.54, 1.807) is 19.2 Å². The summed E-state index contributed by atoms with van der Waals surface area (Å²) in [6, 6.07) is 3.10. The monoisotopic (exact) mass is 491 g/mol. The van der Waals surface area contributed by atoms with E-state index in [1.165, 1.54) is 26.4 Å². The van der Waals surface area contributed by atoms with Crippen LogP contribution in [0.5, 0.6) is 17.2 Å². The number of hydrogen-bond donors (Lipinski definition) is 0. The highest BCUT2D eigenvalue weighted by atomic mass is 16.7. The first-order chi connectivity index (χ1) is 16.9. The van der Waals surface area contributed by atoms with Gasteiger partial charge >= 0.3 is 5.97 Å². The van der Waals surface area contributed by atoms with Crippen molar-refractivity contribution < 1.29 is 33.4 Å². The minimum Gasteiger partial charge on any atom is -0.493 e. The summed E-state index contributed by atoms with van der Waals surface area (Å²) < 4.78 is 21.6. The molecule has 194 valence electrons. The lowest BCUT2D eigenvalue weighted by molar-refractivity contribution is -0.168. The fourth-order valence-corrected chi connectivity index (χ4v) is 3.79. The van der Waals surface area contributed by atoms with Crippen molar-refractivity contribution >= 4 is 11.9 Å². The molecule has 1 amide bonds. The summed E-state index contributed by atoms with van der Waals surface area (Å²) in [4.78, 5) is 34.1. The summed E-state index contributed by atoms with van der Waals surface area (Å²) in [6.07, 6.45) is 7.46. The van der Waals surface area contributed by atoms with Gasteiger partial charge in [0, 0.05) is 39.6 Å². The van der Waals surface area contributed by atoms with E-state index in [1.807, 2.05) is 0 Å². The van der Waals surface area contributed by atoms with Gasteiger partial charge in [0.2, 0.25) is 11.7 Å². The highest BCUT2D eigenvalue weighted by Gasteiger charge is 2.19. The fourth-order valence-electron chi connectivity index (χ4n) is 3.79. The van der Waals surface area contributed by atoms with Gasteiger partial charge in [-0.2, -0.15) is 0 Å². The molecule has 1 aliphatic rings. The highest BCUT2D eigenvalue weighted by molar-refractivity contribution is 5.91. The molecule has 1 aromatic rings. The molecule has 1 heterocycles. The first-order valence-corrected chi connectivity index (χ1v) is 11.7. The van der Waals surface area contributed by atoms with Crippen LogP contribution in [0.25, 0.3) is 0 Å². The summed E-state index contributed by atoms with van der Waals surface area (Å²) >= 11 is 0. The van der Waals surface area contributed by atoms with Crippen LogP contribution in [0.2, 0.25) is 0 Å². The van der Waals surface area contributed by atoms with Gasteiger partial charge in [-0.3, -0.25) is 9.63 Å². The third-order valence-electron chi connectivity index (χ3n) is 5.79. The van der Waals surface area contributed by atoms with Gasteiger partial charge in [-0.1, -0.05) is 5.92 Å². The van der Waals surface area contributed by atoms with Crippen LogP contribution in [-0.4, -0.2) is 108 Å². The maximum atomic E-state index is 12.6. The normalized spacial score (nSPS) is 14.5. The number of carbonyl (C=O) groups excluding carboxylic acids is 2. The number of benzene rings is 1. The van der Waals surface area contributed by atoms with E-state index in [9.17, 15) is 9.59 Å². The van der Waals surface area contributed by atoms with Gasteiger partial charge < -0.3 is 28.7 Å². The Balaban J connectivity index is 1.79. The molecular weight excluding hydrogens is 454 g/mol. The number of amides is 1. The summed E-state index contributed by atoms with van der Waals surface area (Å²) in [7, 11) is 6.08. The van der Waals surface area contributed by atoms with E-state index in [2.05, 4.69) is 15.7 Å². The topological polar surface area (TPSA) is 90.0 Å². The predicted molar refractivity (Wildman–Crippen MR) is 131 cm³/mol. The van der Waals surface area contributed by atoms with Crippen LogP contribution < -0.4 is 14.2 Å². The zero-order valence-electron chi connectivity index (χ0n) is 21.2. The van der Waals surface area contributed by atoms with Gasteiger partial charge in [0.05, 0.1) is 33.5 Å². The summed E-state index contributed by atoms with van der Waals surface area (Å²) in [5.41, 5.74) is 0.300. The number of carbonyl (C=O) groups is 2. The Labute approximate surface area is 207 Å². The lowest BCUT2D eigenvalue weighted by Crippen LogP contribution is -2.34. The minimum atomic E-state index is -0.468.